The van der Waals surface area contributed by atoms with Crippen LogP contribution in [0.25, 0.3) is 10.2 Å². The number of rotatable bonds is 5. The number of hydrogen-bond acceptors (Lipinski definition) is 3. The highest BCUT2D eigenvalue weighted by atomic mass is 32.1. The van der Waals surface area contributed by atoms with Gasteiger partial charge >= 0.3 is 0 Å². The van der Waals surface area contributed by atoms with Gasteiger partial charge in [0.25, 0.3) is 0 Å². The lowest BCUT2D eigenvalue weighted by atomic mass is 9.97. The van der Waals surface area contributed by atoms with E-state index in [1.165, 1.54) is 23.0 Å². The fourth-order valence-corrected chi connectivity index (χ4v) is 4.78. The van der Waals surface area contributed by atoms with Crippen LogP contribution in [0.1, 0.15) is 27.8 Å². The van der Waals surface area contributed by atoms with E-state index in [1.54, 1.807) is 11.0 Å². The Bertz CT molecular complexity index is 1190. The number of aromatic nitrogens is 1. The van der Waals surface area contributed by atoms with E-state index in [0.29, 0.717) is 17.2 Å². The molecule has 0 aliphatic heterocycles. The van der Waals surface area contributed by atoms with Crippen molar-refractivity contribution in [2.45, 2.75) is 33.7 Å². The Balaban J connectivity index is 1.73. The second-order valence-corrected chi connectivity index (χ2v) is 8.61. The van der Waals surface area contributed by atoms with Gasteiger partial charge in [-0.3, -0.25) is 9.69 Å². The number of halogens is 1. The second kappa shape index (κ2) is 8.36. The summed E-state index contributed by atoms with van der Waals surface area (Å²) in [7, 11) is 0. The monoisotopic (exact) mass is 418 g/mol. The highest BCUT2D eigenvalue weighted by molar-refractivity contribution is 7.22. The molecule has 0 aliphatic carbocycles. The quantitative estimate of drug-likeness (QED) is 0.390. The van der Waals surface area contributed by atoms with E-state index in [4.69, 9.17) is 0 Å². The third-order valence-electron chi connectivity index (χ3n) is 5.24. The highest BCUT2D eigenvalue weighted by Gasteiger charge is 2.22. The Labute approximate surface area is 179 Å². The number of anilines is 1. The molecule has 0 atom stereocenters. The van der Waals surface area contributed by atoms with Crippen LogP contribution < -0.4 is 4.90 Å². The second-order valence-electron chi connectivity index (χ2n) is 7.60. The molecule has 0 saturated carbocycles. The lowest BCUT2D eigenvalue weighted by Crippen LogP contribution is -2.32. The van der Waals surface area contributed by atoms with Gasteiger partial charge in [0.15, 0.2) is 5.13 Å². The predicted octanol–water partition coefficient (Wildman–Crippen LogP) is 6.14. The van der Waals surface area contributed by atoms with E-state index in [0.717, 1.165) is 27.0 Å². The molecule has 0 spiro atoms. The molecule has 0 radical (unpaired) electrons. The first-order valence-corrected chi connectivity index (χ1v) is 10.7. The molecule has 0 saturated heterocycles. The van der Waals surface area contributed by atoms with E-state index in [2.05, 4.69) is 24.0 Å². The molecule has 1 aromatic heterocycles. The molecule has 152 valence electrons. The van der Waals surface area contributed by atoms with Crippen molar-refractivity contribution in [1.82, 2.24) is 4.98 Å². The number of aryl methyl sites for hydroxylation is 3. The minimum atomic E-state index is -0.368. The van der Waals surface area contributed by atoms with Crippen molar-refractivity contribution in [3.63, 3.8) is 0 Å². The lowest BCUT2D eigenvalue weighted by molar-refractivity contribution is -0.118. The molecule has 0 N–H and O–H groups in total. The van der Waals surface area contributed by atoms with Crippen molar-refractivity contribution < 1.29 is 9.18 Å². The minimum Gasteiger partial charge on any atom is -0.283 e. The van der Waals surface area contributed by atoms with Gasteiger partial charge in [-0.15, -0.1) is 0 Å². The maximum Gasteiger partial charge on any atom is 0.233 e. The van der Waals surface area contributed by atoms with Crippen LogP contribution in [-0.2, 0) is 17.8 Å². The Kier molecular flexibility index (Phi) is 5.64. The van der Waals surface area contributed by atoms with Crippen molar-refractivity contribution in [3.8, 4) is 0 Å². The van der Waals surface area contributed by atoms with Gasteiger partial charge in [0, 0.05) is 0 Å². The van der Waals surface area contributed by atoms with Crippen LogP contribution >= 0.6 is 11.3 Å². The number of carbonyl (C=O) groups is 1. The summed E-state index contributed by atoms with van der Waals surface area (Å²) in [5, 5.41) is 0.520. The van der Waals surface area contributed by atoms with Crippen LogP contribution in [0.3, 0.4) is 0 Å². The first-order valence-electron chi connectivity index (χ1n) is 9.88. The summed E-state index contributed by atoms with van der Waals surface area (Å²) in [6, 6.07) is 18.9. The number of thiazole rings is 1. The normalized spacial score (nSPS) is 11.1. The lowest BCUT2D eigenvalue weighted by Gasteiger charge is -2.21. The van der Waals surface area contributed by atoms with Crippen molar-refractivity contribution in [2.75, 3.05) is 4.90 Å². The van der Waals surface area contributed by atoms with Gasteiger partial charge in [0.05, 0.1) is 17.7 Å². The number of hydrogen-bond donors (Lipinski definition) is 0. The number of para-hydroxylation sites is 1. The van der Waals surface area contributed by atoms with Gasteiger partial charge in [0.2, 0.25) is 5.91 Å². The van der Waals surface area contributed by atoms with Gasteiger partial charge in [-0.25, -0.2) is 9.37 Å². The molecule has 1 heterocycles. The van der Waals surface area contributed by atoms with E-state index >= 15 is 0 Å². The largest absolute Gasteiger partial charge is 0.283 e. The maximum atomic E-state index is 14.2. The van der Waals surface area contributed by atoms with Crippen LogP contribution in [-0.4, -0.2) is 10.9 Å². The third-order valence-corrected chi connectivity index (χ3v) is 6.29. The molecular weight excluding hydrogens is 395 g/mol. The molecule has 0 aliphatic rings. The SMILES string of the molecule is Cc1cc(C)c(CC(=O)N(Cc2ccccc2)c2nc3c(F)cccc3s2)c(C)c1. The molecule has 4 rings (SSSR count). The zero-order valence-electron chi connectivity index (χ0n) is 17.3. The number of amides is 1. The number of carbonyl (C=O) groups excluding carboxylic acids is 1. The molecule has 3 aromatic carbocycles. The van der Waals surface area contributed by atoms with Gasteiger partial charge in [-0.2, -0.15) is 0 Å². The molecule has 4 aromatic rings. The van der Waals surface area contributed by atoms with Crippen molar-refractivity contribution >= 4 is 32.6 Å². The minimum absolute atomic E-state index is 0.0478. The van der Waals surface area contributed by atoms with Crippen LogP contribution in [0.4, 0.5) is 9.52 Å². The van der Waals surface area contributed by atoms with Gasteiger partial charge in [-0.05, 0) is 55.2 Å². The molecular formula is C25H23FN2OS. The van der Waals surface area contributed by atoms with Crippen LogP contribution in [0.15, 0.2) is 60.7 Å². The van der Waals surface area contributed by atoms with Crippen molar-refractivity contribution in [1.29, 1.82) is 0 Å². The number of nitrogens with zero attached hydrogens (tertiary/aromatic N) is 2. The summed E-state index contributed by atoms with van der Waals surface area (Å²) in [4.78, 5) is 19.6. The van der Waals surface area contributed by atoms with E-state index < -0.39 is 0 Å². The zero-order chi connectivity index (χ0) is 21.3. The third kappa shape index (κ3) is 4.12. The highest BCUT2D eigenvalue weighted by Crippen LogP contribution is 2.32. The zero-order valence-corrected chi connectivity index (χ0v) is 18.1. The fourth-order valence-electron chi connectivity index (χ4n) is 3.78. The summed E-state index contributed by atoms with van der Waals surface area (Å²) < 4.78 is 15.0. The van der Waals surface area contributed by atoms with Gasteiger partial charge < -0.3 is 0 Å². The standard InChI is InChI=1S/C25H23FN2OS/c1-16-12-17(2)20(18(3)13-16)14-23(29)28(15-19-8-5-4-6-9-19)25-27-24-21(26)10-7-11-22(24)30-25/h4-13H,14-15H2,1-3H3. The van der Waals surface area contributed by atoms with E-state index in [1.807, 2.05) is 50.2 Å². The van der Waals surface area contributed by atoms with Crippen LogP contribution in [0, 0.1) is 26.6 Å². The van der Waals surface area contributed by atoms with Crippen molar-refractivity contribution in [3.05, 3.63) is 94.3 Å². The number of benzene rings is 3. The van der Waals surface area contributed by atoms with Crippen molar-refractivity contribution in [2.24, 2.45) is 0 Å². The van der Waals surface area contributed by atoms with Gasteiger partial charge in [0.1, 0.15) is 11.3 Å². The number of fused-ring (bicyclic) bond motifs is 1. The smallest absolute Gasteiger partial charge is 0.233 e. The van der Waals surface area contributed by atoms with Crippen LogP contribution in [0.5, 0.6) is 0 Å². The molecule has 30 heavy (non-hydrogen) atoms. The topological polar surface area (TPSA) is 33.2 Å². The molecule has 1 amide bonds. The summed E-state index contributed by atoms with van der Waals surface area (Å²) in [5.74, 6) is -0.416. The molecule has 5 heteroatoms. The molecule has 0 unspecified atom stereocenters. The first-order chi connectivity index (χ1) is 14.4. The maximum absolute atomic E-state index is 14.2. The average molecular weight is 419 g/mol. The Morgan fingerprint density at radius 1 is 1.00 bits per heavy atom. The van der Waals surface area contributed by atoms with E-state index in [-0.39, 0.29) is 18.1 Å². The molecule has 3 nitrogen and oxygen atoms in total. The van der Waals surface area contributed by atoms with E-state index in [9.17, 15) is 9.18 Å². The first kappa shape index (κ1) is 20.2. The Hall–Kier alpha value is -3.05. The summed E-state index contributed by atoms with van der Waals surface area (Å²) in [5.41, 5.74) is 5.75. The predicted molar refractivity (Wildman–Crippen MR) is 122 cm³/mol. The average Bonchev–Trinajstić information content (AvgIpc) is 3.15. The van der Waals surface area contributed by atoms with Crippen LogP contribution in [0.2, 0.25) is 0 Å². The summed E-state index contributed by atoms with van der Waals surface area (Å²) >= 11 is 1.34. The van der Waals surface area contributed by atoms with Gasteiger partial charge in [-0.1, -0.05) is 65.4 Å². The molecule has 0 bridgehead atoms. The fraction of sp³-hybridized carbons (Fsp3) is 0.200. The Morgan fingerprint density at radius 3 is 2.37 bits per heavy atom. The summed E-state index contributed by atoms with van der Waals surface area (Å²) in [6.45, 7) is 6.53. The molecule has 0 fully saturated rings. The Morgan fingerprint density at radius 2 is 1.70 bits per heavy atom. The summed E-state index contributed by atoms with van der Waals surface area (Å²) in [6.07, 6.45) is 0.281.